The van der Waals surface area contributed by atoms with Gasteiger partial charge in [0.2, 0.25) is 0 Å². The number of rotatable bonds is 9. The predicted octanol–water partition coefficient (Wildman–Crippen LogP) is 2.98. The second-order valence-electron chi connectivity index (χ2n) is 5.85. The van der Waals surface area contributed by atoms with Gasteiger partial charge in [-0.25, -0.2) is 0 Å². The summed E-state index contributed by atoms with van der Waals surface area (Å²) in [5, 5.41) is 9.93. The number of ketones is 1. The Kier molecular flexibility index (Phi) is 7.41. The molecule has 2 unspecified atom stereocenters. The van der Waals surface area contributed by atoms with E-state index in [9.17, 15) is 9.90 Å². The number of aliphatic hydroxyl groups excluding tert-OH is 1. The number of hydrogen-bond donors (Lipinski definition) is 1. The number of carbonyl (C=O) groups excluding carboxylic acids is 1. The molecule has 1 rings (SSSR count). The van der Waals surface area contributed by atoms with Gasteiger partial charge in [0, 0.05) is 6.42 Å². The molecule has 0 amide bonds. The van der Waals surface area contributed by atoms with Gasteiger partial charge < -0.3 is 14.6 Å². The van der Waals surface area contributed by atoms with E-state index in [1.54, 1.807) is 0 Å². The monoisotopic (exact) mass is 284 g/mol. The molecular formula is C16H28O4. The molecule has 0 bridgehead atoms. The Morgan fingerprint density at radius 3 is 2.65 bits per heavy atom. The molecule has 1 heterocycles. The highest BCUT2D eigenvalue weighted by Gasteiger charge is 2.35. The lowest BCUT2D eigenvalue weighted by molar-refractivity contribution is -0.147. The van der Waals surface area contributed by atoms with Crippen molar-refractivity contribution in [3.8, 4) is 0 Å². The number of ether oxygens (including phenoxy) is 2. The molecule has 0 spiro atoms. The molecule has 0 aromatic carbocycles. The molecule has 2 atom stereocenters. The lowest BCUT2D eigenvalue weighted by atomic mass is 10.1. The minimum atomic E-state index is -0.791. The summed E-state index contributed by atoms with van der Waals surface area (Å²) in [4.78, 5) is 11.7. The summed E-state index contributed by atoms with van der Waals surface area (Å²) >= 11 is 0. The van der Waals surface area contributed by atoms with E-state index in [2.05, 4.69) is 6.92 Å². The van der Waals surface area contributed by atoms with Crippen molar-refractivity contribution < 1.29 is 19.4 Å². The van der Waals surface area contributed by atoms with Gasteiger partial charge in [-0.3, -0.25) is 4.79 Å². The van der Waals surface area contributed by atoms with Crippen molar-refractivity contribution in [3.63, 3.8) is 0 Å². The van der Waals surface area contributed by atoms with Crippen LogP contribution in [0.4, 0.5) is 0 Å². The fourth-order valence-corrected chi connectivity index (χ4v) is 2.20. The number of unbranched alkanes of at least 4 members (excludes halogenated alkanes) is 4. The second-order valence-corrected chi connectivity index (χ2v) is 5.85. The molecule has 1 aliphatic heterocycles. The van der Waals surface area contributed by atoms with Gasteiger partial charge in [-0.2, -0.15) is 0 Å². The number of aliphatic hydroxyl groups is 1. The SMILES string of the molecule is CCCCCCCC(=O)C=CC(O)C1COC(C)(C)O1. The highest BCUT2D eigenvalue weighted by molar-refractivity contribution is 5.89. The van der Waals surface area contributed by atoms with E-state index in [1.807, 2.05) is 13.8 Å². The standard InChI is InChI=1S/C16H28O4/c1-4-5-6-7-8-9-13(17)10-11-14(18)15-12-19-16(2,3)20-15/h10-11,14-15,18H,4-9,12H2,1-3H3. The number of hydrogen-bond acceptors (Lipinski definition) is 4. The van der Waals surface area contributed by atoms with E-state index in [4.69, 9.17) is 9.47 Å². The van der Waals surface area contributed by atoms with Crippen molar-refractivity contribution >= 4 is 5.78 Å². The molecule has 4 heteroatoms. The first-order valence-corrected chi connectivity index (χ1v) is 7.65. The maximum Gasteiger partial charge on any atom is 0.163 e. The van der Waals surface area contributed by atoms with Crippen molar-refractivity contribution in [1.29, 1.82) is 0 Å². The summed E-state index contributed by atoms with van der Waals surface area (Å²) in [7, 11) is 0. The van der Waals surface area contributed by atoms with Crippen molar-refractivity contribution in [3.05, 3.63) is 12.2 Å². The molecular weight excluding hydrogens is 256 g/mol. The molecule has 116 valence electrons. The third-order valence-electron chi connectivity index (χ3n) is 3.42. The Morgan fingerprint density at radius 2 is 2.05 bits per heavy atom. The van der Waals surface area contributed by atoms with Gasteiger partial charge in [0.25, 0.3) is 0 Å². The fraction of sp³-hybridized carbons (Fsp3) is 0.812. The molecule has 20 heavy (non-hydrogen) atoms. The average molecular weight is 284 g/mol. The maximum atomic E-state index is 11.7. The van der Waals surface area contributed by atoms with Crippen molar-refractivity contribution in [1.82, 2.24) is 0 Å². The largest absolute Gasteiger partial charge is 0.386 e. The average Bonchev–Trinajstić information content (AvgIpc) is 2.76. The Balaban J connectivity index is 2.20. The van der Waals surface area contributed by atoms with Gasteiger partial charge in [0.15, 0.2) is 11.6 Å². The van der Waals surface area contributed by atoms with Crippen molar-refractivity contribution in [2.24, 2.45) is 0 Å². The Hall–Kier alpha value is -0.710. The van der Waals surface area contributed by atoms with Crippen molar-refractivity contribution in [2.45, 2.75) is 77.3 Å². The Labute approximate surface area is 122 Å². The van der Waals surface area contributed by atoms with Gasteiger partial charge in [0.05, 0.1) is 6.61 Å². The summed E-state index contributed by atoms with van der Waals surface area (Å²) < 4.78 is 10.9. The highest BCUT2D eigenvalue weighted by Crippen LogP contribution is 2.24. The van der Waals surface area contributed by atoms with Crippen LogP contribution in [0.2, 0.25) is 0 Å². The molecule has 0 radical (unpaired) electrons. The highest BCUT2D eigenvalue weighted by atomic mass is 16.7. The molecule has 0 aromatic rings. The Morgan fingerprint density at radius 1 is 1.35 bits per heavy atom. The molecule has 1 saturated heterocycles. The summed E-state index contributed by atoms with van der Waals surface area (Å²) in [6, 6.07) is 0. The van der Waals surface area contributed by atoms with E-state index in [0.717, 1.165) is 12.8 Å². The van der Waals surface area contributed by atoms with Crippen LogP contribution in [0.25, 0.3) is 0 Å². The molecule has 0 saturated carbocycles. The van der Waals surface area contributed by atoms with Crippen LogP contribution in [0.15, 0.2) is 12.2 Å². The quantitative estimate of drug-likeness (QED) is 0.522. The minimum absolute atomic E-state index is 0.0683. The predicted molar refractivity (Wildman–Crippen MR) is 78.4 cm³/mol. The zero-order chi connectivity index (χ0) is 15.0. The molecule has 4 nitrogen and oxygen atoms in total. The first kappa shape index (κ1) is 17.3. The first-order chi connectivity index (χ1) is 9.44. The zero-order valence-electron chi connectivity index (χ0n) is 12.9. The first-order valence-electron chi connectivity index (χ1n) is 7.65. The lowest BCUT2D eigenvalue weighted by Crippen LogP contribution is -2.29. The molecule has 0 aromatic heterocycles. The maximum absolute atomic E-state index is 11.7. The molecule has 1 N–H and O–H groups in total. The van der Waals surface area contributed by atoms with Gasteiger partial charge in [0.1, 0.15) is 12.2 Å². The second kappa shape index (κ2) is 8.55. The molecule has 1 fully saturated rings. The van der Waals surface area contributed by atoms with E-state index in [-0.39, 0.29) is 5.78 Å². The third-order valence-corrected chi connectivity index (χ3v) is 3.42. The van der Waals surface area contributed by atoms with Crippen LogP contribution in [-0.4, -0.2) is 35.5 Å². The number of carbonyl (C=O) groups is 1. The van der Waals surface area contributed by atoms with Crippen LogP contribution in [0.3, 0.4) is 0 Å². The lowest BCUT2D eigenvalue weighted by Gasteiger charge is -2.18. The third kappa shape index (κ3) is 6.64. The topological polar surface area (TPSA) is 55.8 Å². The Bertz CT molecular complexity index is 322. The van der Waals surface area contributed by atoms with E-state index >= 15 is 0 Å². The van der Waals surface area contributed by atoms with Crippen LogP contribution in [0.5, 0.6) is 0 Å². The molecule has 1 aliphatic rings. The van der Waals surface area contributed by atoms with Crippen LogP contribution in [-0.2, 0) is 14.3 Å². The normalized spacial score (nSPS) is 23.3. The van der Waals surface area contributed by atoms with E-state index in [0.29, 0.717) is 13.0 Å². The van der Waals surface area contributed by atoms with E-state index < -0.39 is 18.0 Å². The zero-order valence-corrected chi connectivity index (χ0v) is 12.9. The smallest absolute Gasteiger partial charge is 0.163 e. The van der Waals surface area contributed by atoms with Crippen LogP contribution < -0.4 is 0 Å². The summed E-state index contributed by atoms with van der Waals surface area (Å²) in [5.41, 5.74) is 0. The van der Waals surface area contributed by atoms with Crippen LogP contribution in [0, 0.1) is 0 Å². The fourth-order valence-electron chi connectivity index (χ4n) is 2.20. The van der Waals surface area contributed by atoms with Crippen LogP contribution >= 0.6 is 0 Å². The summed E-state index contributed by atoms with van der Waals surface area (Å²) in [6.07, 6.45) is 8.03. The minimum Gasteiger partial charge on any atom is -0.386 e. The van der Waals surface area contributed by atoms with E-state index in [1.165, 1.54) is 31.4 Å². The molecule has 0 aliphatic carbocycles. The number of allylic oxidation sites excluding steroid dienone is 1. The van der Waals surface area contributed by atoms with Gasteiger partial charge in [-0.1, -0.05) is 32.6 Å². The van der Waals surface area contributed by atoms with Gasteiger partial charge in [-0.15, -0.1) is 0 Å². The van der Waals surface area contributed by atoms with Gasteiger partial charge >= 0.3 is 0 Å². The van der Waals surface area contributed by atoms with Crippen molar-refractivity contribution in [2.75, 3.05) is 6.61 Å². The summed E-state index contributed by atoms with van der Waals surface area (Å²) in [6.45, 7) is 6.14. The van der Waals surface area contributed by atoms with Gasteiger partial charge in [-0.05, 0) is 32.4 Å². The summed E-state index contributed by atoms with van der Waals surface area (Å²) in [5.74, 6) is -0.582. The van der Waals surface area contributed by atoms with Crippen LogP contribution in [0.1, 0.15) is 59.3 Å².